The highest BCUT2D eigenvalue weighted by Gasteiger charge is 2.28. The summed E-state index contributed by atoms with van der Waals surface area (Å²) in [6.45, 7) is 0. The van der Waals surface area contributed by atoms with E-state index in [2.05, 4.69) is 20.7 Å². The van der Waals surface area contributed by atoms with Crippen molar-refractivity contribution in [3.05, 3.63) is 34.3 Å². The second kappa shape index (κ2) is 5.77. The predicted octanol–water partition coefficient (Wildman–Crippen LogP) is 1.82. The minimum atomic E-state index is -1.21. The van der Waals surface area contributed by atoms with Crippen molar-refractivity contribution in [1.29, 1.82) is 0 Å². The van der Waals surface area contributed by atoms with Crippen molar-refractivity contribution in [2.45, 2.75) is 6.10 Å². The molecule has 0 bridgehead atoms. The van der Waals surface area contributed by atoms with Gasteiger partial charge in [0, 0.05) is 17.1 Å². The largest absolute Gasteiger partial charge is 0.467 e. The first-order valence-electron chi connectivity index (χ1n) is 4.50. The summed E-state index contributed by atoms with van der Waals surface area (Å²) >= 11 is 3.25. The molecular weight excluding hydrogens is 276 g/mol. The second-order valence-corrected chi connectivity index (χ2v) is 3.93. The molecule has 1 unspecified atom stereocenters. The Morgan fingerprint density at radius 1 is 1.31 bits per heavy atom. The number of benzene rings is 1. The highest BCUT2D eigenvalue weighted by molar-refractivity contribution is 9.10. The van der Waals surface area contributed by atoms with Crippen LogP contribution in [0.5, 0.6) is 0 Å². The first-order chi connectivity index (χ1) is 7.60. The van der Waals surface area contributed by atoms with Crippen LogP contribution in [0.2, 0.25) is 0 Å². The molecule has 0 heterocycles. The molecule has 0 radical (unpaired) electrons. The van der Waals surface area contributed by atoms with Crippen LogP contribution in [0.3, 0.4) is 0 Å². The van der Waals surface area contributed by atoms with Crippen LogP contribution in [0, 0.1) is 0 Å². The van der Waals surface area contributed by atoms with E-state index in [1.165, 1.54) is 14.2 Å². The molecule has 1 aromatic rings. The molecule has 0 amide bonds. The van der Waals surface area contributed by atoms with Crippen LogP contribution < -0.4 is 0 Å². The Bertz CT molecular complexity index is 403. The molecule has 0 aromatic heterocycles. The zero-order valence-electron chi connectivity index (χ0n) is 8.90. The Morgan fingerprint density at radius 3 is 2.50 bits per heavy atom. The van der Waals surface area contributed by atoms with Gasteiger partial charge in [-0.05, 0) is 12.1 Å². The molecule has 0 spiro atoms. The number of halogens is 1. The number of methoxy groups -OCH3 is 2. The Morgan fingerprint density at radius 2 is 2.00 bits per heavy atom. The smallest absolute Gasteiger partial charge is 0.343 e. The molecule has 1 rings (SSSR count). The third-order valence-corrected chi connectivity index (χ3v) is 2.49. The van der Waals surface area contributed by atoms with Crippen molar-refractivity contribution in [3.63, 3.8) is 0 Å². The van der Waals surface area contributed by atoms with Crippen molar-refractivity contribution < 1.29 is 19.1 Å². The average Bonchev–Trinajstić information content (AvgIpc) is 2.29. The lowest BCUT2D eigenvalue weighted by Gasteiger charge is -2.11. The van der Waals surface area contributed by atoms with Gasteiger partial charge in [-0.3, -0.25) is 4.79 Å². The lowest BCUT2D eigenvalue weighted by molar-refractivity contribution is -0.149. The third kappa shape index (κ3) is 2.90. The van der Waals surface area contributed by atoms with E-state index in [1.54, 1.807) is 24.3 Å². The Kier molecular flexibility index (Phi) is 4.64. The number of hydrogen-bond donors (Lipinski definition) is 0. The number of ether oxygens (including phenoxy) is 2. The van der Waals surface area contributed by atoms with Gasteiger partial charge < -0.3 is 9.47 Å². The fourth-order valence-corrected chi connectivity index (χ4v) is 1.61. The first kappa shape index (κ1) is 12.9. The fraction of sp³-hybridized carbons (Fsp3) is 0.273. The summed E-state index contributed by atoms with van der Waals surface area (Å²) in [5, 5.41) is 0. The molecule has 0 aliphatic heterocycles. The summed E-state index contributed by atoms with van der Waals surface area (Å²) in [6.07, 6.45) is -1.21. The zero-order chi connectivity index (χ0) is 12.1. The van der Waals surface area contributed by atoms with Gasteiger partial charge in [-0.25, -0.2) is 4.79 Å². The van der Waals surface area contributed by atoms with E-state index in [9.17, 15) is 9.59 Å². The molecule has 5 heteroatoms. The molecule has 16 heavy (non-hydrogen) atoms. The Labute approximate surface area is 102 Å². The Balaban J connectivity index is 2.95. The quantitative estimate of drug-likeness (QED) is 0.481. The van der Waals surface area contributed by atoms with Gasteiger partial charge in [0.05, 0.1) is 7.11 Å². The van der Waals surface area contributed by atoms with Crippen LogP contribution >= 0.6 is 15.9 Å². The minimum Gasteiger partial charge on any atom is -0.467 e. The predicted molar refractivity (Wildman–Crippen MR) is 61.3 cm³/mol. The third-order valence-electron chi connectivity index (χ3n) is 2.00. The maximum absolute atomic E-state index is 11.9. The number of carbonyl (C=O) groups excluding carboxylic acids is 2. The Hall–Kier alpha value is -1.20. The molecule has 0 saturated heterocycles. The van der Waals surface area contributed by atoms with E-state index < -0.39 is 17.9 Å². The van der Waals surface area contributed by atoms with E-state index in [1.807, 2.05) is 0 Å². The van der Waals surface area contributed by atoms with Gasteiger partial charge in [0.1, 0.15) is 0 Å². The van der Waals surface area contributed by atoms with Crippen molar-refractivity contribution in [2.75, 3.05) is 14.2 Å². The summed E-state index contributed by atoms with van der Waals surface area (Å²) in [7, 11) is 2.50. The molecule has 0 aliphatic carbocycles. The molecule has 1 atom stereocenters. The zero-order valence-corrected chi connectivity index (χ0v) is 10.5. The van der Waals surface area contributed by atoms with Crippen LogP contribution in [-0.4, -0.2) is 32.1 Å². The van der Waals surface area contributed by atoms with Gasteiger partial charge in [-0.15, -0.1) is 0 Å². The van der Waals surface area contributed by atoms with E-state index in [4.69, 9.17) is 4.74 Å². The topological polar surface area (TPSA) is 52.6 Å². The van der Waals surface area contributed by atoms with Gasteiger partial charge in [0.2, 0.25) is 11.9 Å². The van der Waals surface area contributed by atoms with Gasteiger partial charge in [-0.2, -0.15) is 0 Å². The molecule has 0 fully saturated rings. The van der Waals surface area contributed by atoms with E-state index in [0.717, 1.165) is 4.47 Å². The van der Waals surface area contributed by atoms with Crippen molar-refractivity contribution in [3.8, 4) is 0 Å². The average molecular weight is 287 g/mol. The van der Waals surface area contributed by atoms with Crippen molar-refractivity contribution in [2.24, 2.45) is 0 Å². The van der Waals surface area contributed by atoms with Gasteiger partial charge >= 0.3 is 5.97 Å². The lowest BCUT2D eigenvalue weighted by atomic mass is 10.1. The molecule has 1 aromatic carbocycles. The van der Waals surface area contributed by atoms with E-state index in [0.29, 0.717) is 5.56 Å². The van der Waals surface area contributed by atoms with Crippen molar-refractivity contribution >= 4 is 27.7 Å². The number of carbonyl (C=O) groups is 2. The molecule has 0 N–H and O–H groups in total. The van der Waals surface area contributed by atoms with Crippen LogP contribution in [0.25, 0.3) is 0 Å². The maximum atomic E-state index is 11.9. The number of ketones is 1. The maximum Gasteiger partial charge on any atom is 0.343 e. The minimum absolute atomic E-state index is 0.395. The fourth-order valence-electron chi connectivity index (χ4n) is 1.21. The first-order valence-corrected chi connectivity index (χ1v) is 5.30. The van der Waals surface area contributed by atoms with Gasteiger partial charge in [0.25, 0.3) is 0 Å². The number of esters is 1. The molecule has 86 valence electrons. The standard InChI is InChI=1S/C11H11BrO4/c1-15-10(11(14)16-2)9(13)7-4-3-5-8(12)6-7/h3-6,10H,1-2H3. The number of Topliss-reactive ketones (excluding diaryl/α,β-unsaturated/α-hetero) is 1. The van der Waals surface area contributed by atoms with Crippen LogP contribution in [-0.2, 0) is 14.3 Å². The summed E-state index contributed by atoms with van der Waals surface area (Å²) < 4.78 is 10.1. The summed E-state index contributed by atoms with van der Waals surface area (Å²) in [6, 6.07) is 6.73. The van der Waals surface area contributed by atoms with E-state index in [-0.39, 0.29) is 0 Å². The molecule has 0 aliphatic rings. The van der Waals surface area contributed by atoms with Gasteiger partial charge in [0.15, 0.2) is 0 Å². The van der Waals surface area contributed by atoms with Crippen LogP contribution in [0.15, 0.2) is 28.7 Å². The molecule has 4 nitrogen and oxygen atoms in total. The lowest BCUT2D eigenvalue weighted by Crippen LogP contribution is -2.33. The number of hydrogen-bond acceptors (Lipinski definition) is 4. The van der Waals surface area contributed by atoms with Gasteiger partial charge in [-0.1, -0.05) is 28.1 Å². The monoisotopic (exact) mass is 286 g/mol. The summed E-state index contributed by atoms with van der Waals surface area (Å²) in [5.41, 5.74) is 0.395. The highest BCUT2D eigenvalue weighted by Crippen LogP contribution is 2.14. The van der Waals surface area contributed by atoms with Crippen LogP contribution in [0.4, 0.5) is 0 Å². The van der Waals surface area contributed by atoms with Crippen LogP contribution in [0.1, 0.15) is 10.4 Å². The van der Waals surface area contributed by atoms with Crippen molar-refractivity contribution in [1.82, 2.24) is 0 Å². The normalized spacial score (nSPS) is 11.9. The summed E-state index contributed by atoms with van der Waals surface area (Å²) in [4.78, 5) is 23.1. The molecule has 0 saturated carbocycles. The molecular formula is C11H11BrO4. The second-order valence-electron chi connectivity index (χ2n) is 3.01. The van der Waals surface area contributed by atoms with E-state index >= 15 is 0 Å². The SMILES string of the molecule is COC(=O)C(OC)C(=O)c1cccc(Br)c1. The summed E-state index contributed by atoms with van der Waals surface area (Å²) in [5.74, 6) is -1.12. The number of rotatable bonds is 4. The highest BCUT2D eigenvalue weighted by atomic mass is 79.9.